The van der Waals surface area contributed by atoms with Crippen molar-refractivity contribution in [2.75, 3.05) is 6.61 Å². The maximum atomic E-state index is 12.7. The lowest BCUT2D eigenvalue weighted by Crippen LogP contribution is -2.42. The zero-order valence-electron chi connectivity index (χ0n) is 16.5. The van der Waals surface area contributed by atoms with Gasteiger partial charge in [0.2, 0.25) is 0 Å². The number of carbonyl (C=O) groups is 4. The van der Waals surface area contributed by atoms with E-state index < -0.39 is 35.8 Å². The van der Waals surface area contributed by atoms with Crippen molar-refractivity contribution in [2.24, 2.45) is 0 Å². The van der Waals surface area contributed by atoms with Crippen molar-refractivity contribution in [1.82, 2.24) is 10.2 Å². The van der Waals surface area contributed by atoms with Gasteiger partial charge in [0.1, 0.15) is 0 Å². The highest BCUT2D eigenvalue weighted by Crippen LogP contribution is 2.26. The van der Waals surface area contributed by atoms with Crippen LogP contribution in [0.2, 0.25) is 0 Å². The van der Waals surface area contributed by atoms with E-state index in [9.17, 15) is 19.2 Å². The minimum Gasteiger partial charge on any atom is -0.452 e. The number of carbonyl (C=O) groups excluding carboxylic acids is 4. The van der Waals surface area contributed by atoms with Crippen LogP contribution in [-0.2, 0) is 16.1 Å². The second-order valence-corrected chi connectivity index (χ2v) is 7.82. The summed E-state index contributed by atoms with van der Waals surface area (Å²) in [4.78, 5) is 50.5. The first kappa shape index (κ1) is 20.3. The van der Waals surface area contributed by atoms with Crippen LogP contribution in [-0.4, -0.2) is 40.7 Å². The molecule has 0 bridgehead atoms. The highest BCUT2D eigenvalue weighted by Gasteiger charge is 2.36. The largest absolute Gasteiger partial charge is 0.452 e. The highest BCUT2D eigenvalue weighted by molar-refractivity contribution is 6.21. The Bertz CT molecular complexity index is 976. The molecule has 7 heteroatoms. The van der Waals surface area contributed by atoms with Crippen LogP contribution in [0.15, 0.2) is 48.5 Å². The topological polar surface area (TPSA) is 92.8 Å². The number of fused-ring (bicyclic) bond motifs is 1. The lowest BCUT2D eigenvalue weighted by Gasteiger charge is -2.20. The van der Waals surface area contributed by atoms with Crippen molar-refractivity contribution in [1.29, 1.82) is 0 Å². The summed E-state index contributed by atoms with van der Waals surface area (Å²) >= 11 is 0. The van der Waals surface area contributed by atoms with Gasteiger partial charge in [-0.15, -0.1) is 0 Å². The van der Waals surface area contributed by atoms with Gasteiger partial charge in [0.25, 0.3) is 17.7 Å². The molecule has 7 nitrogen and oxygen atoms in total. The summed E-state index contributed by atoms with van der Waals surface area (Å²) in [6, 6.07) is 13.4. The normalized spacial score (nSPS) is 13.3. The molecule has 0 atom stereocenters. The Labute approximate surface area is 168 Å². The monoisotopic (exact) mass is 394 g/mol. The van der Waals surface area contributed by atoms with Crippen LogP contribution in [0, 0.1) is 0 Å². The first-order valence-corrected chi connectivity index (χ1v) is 9.18. The first-order valence-electron chi connectivity index (χ1n) is 9.18. The van der Waals surface area contributed by atoms with Gasteiger partial charge >= 0.3 is 5.97 Å². The molecule has 1 aliphatic heterocycles. The predicted octanol–water partition coefficient (Wildman–Crippen LogP) is 2.55. The number of ether oxygens (including phenoxy) is 1. The third-order valence-electron chi connectivity index (χ3n) is 4.24. The minimum absolute atomic E-state index is 0.106. The number of rotatable bonds is 5. The lowest BCUT2D eigenvalue weighted by atomic mass is 10.1. The summed E-state index contributed by atoms with van der Waals surface area (Å²) < 4.78 is 5.02. The number of nitrogens with zero attached hydrogens (tertiary/aromatic N) is 1. The van der Waals surface area contributed by atoms with Gasteiger partial charge < -0.3 is 10.1 Å². The molecule has 2 aromatic carbocycles. The van der Waals surface area contributed by atoms with Gasteiger partial charge in [-0.1, -0.05) is 30.3 Å². The van der Waals surface area contributed by atoms with E-state index in [0.717, 1.165) is 10.5 Å². The fourth-order valence-electron chi connectivity index (χ4n) is 3.00. The number of esters is 1. The predicted molar refractivity (Wildman–Crippen MR) is 105 cm³/mol. The van der Waals surface area contributed by atoms with Gasteiger partial charge in [-0.2, -0.15) is 0 Å². The van der Waals surface area contributed by atoms with Crippen LogP contribution in [0.1, 0.15) is 57.4 Å². The molecule has 3 amide bonds. The van der Waals surface area contributed by atoms with Crippen LogP contribution in [0.25, 0.3) is 0 Å². The molecule has 0 radical (unpaired) electrons. The zero-order valence-corrected chi connectivity index (χ0v) is 16.5. The standard InChI is InChI=1S/C22H22N2O5/c1-22(2,3)23-18(25)13-29-21(28)15-9-10-16-17(11-15)20(27)24(19(16)26)12-14-7-5-4-6-8-14/h4-11H,12-13H2,1-3H3,(H,23,25). The Morgan fingerprint density at radius 2 is 1.62 bits per heavy atom. The van der Waals surface area contributed by atoms with Gasteiger partial charge in [-0.05, 0) is 44.5 Å². The van der Waals surface area contributed by atoms with E-state index in [4.69, 9.17) is 4.74 Å². The van der Waals surface area contributed by atoms with Crippen molar-refractivity contribution >= 4 is 23.7 Å². The van der Waals surface area contributed by atoms with E-state index in [-0.39, 0.29) is 23.2 Å². The average Bonchev–Trinajstić information content (AvgIpc) is 2.90. The molecular weight excluding hydrogens is 372 g/mol. The quantitative estimate of drug-likeness (QED) is 0.621. The second kappa shape index (κ2) is 7.87. The zero-order chi connectivity index (χ0) is 21.2. The summed E-state index contributed by atoms with van der Waals surface area (Å²) in [6.45, 7) is 5.17. The Hall–Kier alpha value is -3.48. The van der Waals surface area contributed by atoms with Gasteiger partial charge in [0.15, 0.2) is 6.61 Å². The molecule has 0 spiro atoms. The van der Waals surface area contributed by atoms with Gasteiger partial charge in [0.05, 0.1) is 23.2 Å². The Balaban J connectivity index is 1.70. The Kier molecular flexibility index (Phi) is 5.50. The molecule has 0 saturated heterocycles. The van der Waals surface area contributed by atoms with Crippen molar-refractivity contribution in [3.8, 4) is 0 Å². The summed E-state index contributed by atoms with van der Waals surface area (Å²) in [5, 5.41) is 2.69. The molecule has 0 aromatic heterocycles. The molecule has 2 aromatic rings. The van der Waals surface area contributed by atoms with Crippen LogP contribution in [0.3, 0.4) is 0 Å². The van der Waals surface area contributed by atoms with E-state index in [2.05, 4.69) is 5.32 Å². The molecule has 0 aliphatic carbocycles. The maximum absolute atomic E-state index is 12.7. The lowest BCUT2D eigenvalue weighted by molar-refractivity contribution is -0.125. The Morgan fingerprint density at radius 3 is 2.28 bits per heavy atom. The van der Waals surface area contributed by atoms with E-state index in [1.807, 2.05) is 51.1 Å². The molecule has 0 unspecified atom stereocenters. The molecule has 0 saturated carbocycles. The van der Waals surface area contributed by atoms with Gasteiger partial charge in [-0.3, -0.25) is 19.3 Å². The summed E-state index contributed by atoms with van der Waals surface area (Å²) in [6.07, 6.45) is 0. The van der Waals surface area contributed by atoms with Crippen molar-refractivity contribution in [3.05, 3.63) is 70.8 Å². The van der Waals surface area contributed by atoms with E-state index in [0.29, 0.717) is 0 Å². The fraction of sp³-hybridized carbons (Fsp3) is 0.273. The fourth-order valence-corrected chi connectivity index (χ4v) is 3.00. The average molecular weight is 394 g/mol. The minimum atomic E-state index is -0.737. The number of benzene rings is 2. The molecular formula is C22H22N2O5. The summed E-state index contributed by atoms with van der Waals surface area (Å²) in [5.41, 5.74) is 0.889. The van der Waals surface area contributed by atoms with Crippen LogP contribution < -0.4 is 5.32 Å². The molecule has 150 valence electrons. The number of nitrogens with one attached hydrogen (secondary N) is 1. The molecule has 29 heavy (non-hydrogen) atoms. The molecule has 1 aliphatic rings. The Morgan fingerprint density at radius 1 is 0.966 bits per heavy atom. The summed E-state index contributed by atoms with van der Waals surface area (Å²) in [5.74, 6) is -2.03. The number of hydrogen-bond donors (Lipinski definition) is 1. The molecule has 3 rings (SSSR count). The first-order chi connectivity index (χ1) is 13.7. The summed E-state index contributed by atoms with van der Waals surface area (Å²) in [7, 11) is 0. The molecule has 1 heterocycles. The molecule has 1 N–H and O–H groups in total. The third kappa shape index (κ3) is 4.68. The van der Waals surface area contributed by atoms with E-state index >= 15 is 0 Å². The number of imide groups is 1. The van der Waals surface area contributed by atoms with Crippen molar-refractivity contribution in [3.63, 3.8) is 0 Å². The SMILES string of the molecule is CC(C)(C)NC(=O)COC(=O)c1ccc2c(c1)C(=O)N(Cc1ccccc1)C2=O. The van der Waals surface area contributed by atoms with Crippen molar-refractivity contribution < 1.29 is 23.9 Å². The van der Waals surface area contributed by atoms with Gasteiger partial charge in [0, 0.05) is 5.54 Å². The van der Waals surface area contributed by atoms with E-state index in [1.54, 1.807) is 0 Å². The van der Waals surface area contributed by atoms with Crippen LogP contribution >= 0.6 is 0 Å². The van der Waals surface area contributed by atoms with Crippen LogP contribution in [0.5, 0.6) is 0 Å². The van der Waals surface area contributed by atoms with Crippen LogP contribution in [0.4, 0.5) is 0 Å². The maximum Gasteiger partial charge on any atom is 0.338 e. The van der Waals surface area contributed by atoms with Gasteiger partial charge in [-0.25, -0.2) is 4.79 Å². The highest BCUT2D eigenvalue weighted by atomic mass is 16.5. The second-order valence-electron chi connectivity index (χ2n) is 7.82. The third-order valence-corrected chi connectivity index (χ3v) is 4.24. The van der Waals surface area contributed by atoms with Crippen molar-refractivity contribution in [2.45, 2.75) is 32.9 Å². The smallest absolute Gasteiger partial charge is 0.338 e. The number of hydrogen-bond acceptors (Lipinski definition) is 5. The molecule has 0 fully saturated rings. The van der Waals surface area contributed by atoms with E-state index in [1.165, 1.54) is 18.2 Å². The number of amides is 3.